The molecule has 0 saturated heterocycles. The van der Waals surface area contributed by atoms with E-state index in [1.54, 1.807) is 10.9 Å². The molecule has 126 valence electrons. The third kappa shape index (κ3) is 2.51. The average molecular weight is 333 g/mol. The zero-order chi connectivity index (χ0) is 17.6. The normalized spacial score (nSPS) is 11.4. The Balaban J connectivity index is 1.99. The average Bonchev–Trinajstić information content (AvgIpc) is 3.21. The van der Waals surface area contributed by atoms with Gasteiger partial charge in [0, 0.05) is 29.9 Å². The van der Waals surface area contributed by atoms with Gasteiger partial charge < -0.3 is 5.11 Å². The van der Waals surface area contributed by atoms with E-state index in [0.29, 0.717) is 0 Å². The molecule has 0 aliphatic heterocycles. The predicted octanol–water partition coefficient (Wildman–Crippen LogP) is 3.13. The maximum absolute atomic E-state index is 9.84. The highest BCUT2D eigenvalue weighted by Gasteiger charge is 2.17. The first kappa shape index (κ1) is 15.5. The van der Waals surface area contributed by atoms with Gasteiger partial charge in [0.25, 0.3) is 0 Å². The van der Waals surface area contributed by atoms with Crippen LogP contribution in [0.5, 0.6) is 0 Å². The van der Waals surface area contributed by atoms with Gasteiger partial charge >= 0.3 is 0 Å². The van der Waals surface area contributed by atoms with Gasteiger partial charge in [-0.05, 0) is 31.0 Å². The molecule has 0 fully saturated rings. The lowest BCUT2D eigenvalue weighted by atomic mass is 9.97. The van der Waals surface area contributed by atoms with Gasteiger partial charge in [-0.25, -0.2) is 4.98 Å². The minimum atomic E-state index is -0.0765. The van der Waals surface area contributed by atoms with Crippen LogP contribution in [0, 0.1) is 13.8 Å². The summed E-state index contributed by atoms with van der Waals surface area (Å²) in [5, 5.41) is 21.5. The number of aromatic amines is 1. The van der Waals surface area contributed by atoms with Crippen LogP contribution in [0.3, 0.4) is 0 Å². The molecule has 0 atom stereocenters. The fourth-order valence-electron chi connectivity index (χ4n) is 3.10. The van der Waals surface area contributed by atoms with Crippen molar-refractivity contribution in [3.63, 3.8) is 0 Å². The van der Waals surface area contributed by atoms with Crippen molar-refractivity contribution < 1.29 is 5.11 Å². The van der Waals surface area contributed by atoms with E-state index in [0.717, 1.165) is 44.7 Å². The standard InChI is InChI=1S/C19H19N5O/c1-11-5-4-6-15(12(11)2)17-13(10-25)7-16-19(21-17)18(23-22-16)14-8-20-24(3)9-14/h4-9,25H,10H2,1-3H3,(H,22,23). The van der Waals surface area contributed by atoms with Gasteiger partial charge in [0.05, 0.1) is 24.0 Å². The summed E-state index contributed by atoms with van der Waals surface area (Å²) >= 11 is 0. The van der Waals surface area contributed by atoms with Crippen LogP contribution in [-0.4, -0.2) is 30.1 Å². The third-order valence-electron chi connectivity index (χ3n) is 4.62. The number of aliphatic hydroxyl groups is 1. The molecule has 0 spiro atoms. The lowest BCUT2D eigenvalue weighted by Crippen LogP contribution is -1.97. The van der Waals surface area contributed by atoms with Crippen LogP contribution in [0.25, 0.3) is 33.5 Å². The molecule has 0 amide bonds. The Bertz CT molecular complexity index is 1080. The van der Waals surface area contributed by atoms with E-state index in [2.05, 4.69) is 35.2 Å². The van der Waals surface area contributed by atoms with Crippen molar-refractivity contribution in [3.05, 3.63) is 53.3 Å². The molecular weight excluding hydrogens is 314 g/mol. The van der Waals surface area contributed by atoms with E-state index in [9.17, 15) is 5.11 Å². The van der Waals surface area contributed by atoms with E-state index in [-0.39, 0.29) is 6.61 Å². The summed E-state index contributed by atoms with van der Waals surface area (Å²) in [6, 6.07) is 8.06. The van der Waals surface area contributed by atoms with Gasteiger partial charge in [-0.3, -0.25) is 9.78 Å². The first-order valence-corrected chi connectivity index (χ1v) is 8.13. The van der Waals surface area contributed by atoms with Crippen molar-refractivity contribution in [2.45, 2.75) is 20.5 Å². The molecule has 0 saturated carbocycles. The predicted molar refractivity (Wildman–Crippen MR) is 96.9 cm³/mol. The molecule has 0 unspecified atom stereocenters. The van der Waals surface area contributed by atoms with Gasteiger partial charge in [0.15, 0.2) is 0 Å². The van der Waals surface area contributed by atoms with Gasteiger partial charge in [0.2, 0.25) is 0 Å². The molecule has 0 aliphatic carbocycles. The molecule has 1 aromatic carbocycles. The number of H-pyrrole nitrogens is 1. The number of rotatable bonds is 3. The van der Waals surface area contributed by atoms with Crippen LogP contribution in [-0.2, 0) is 13.7 Å². The number of hydrogen-bond acceptors (Lipinski definition) is 4. The molecule has 3 heterocycles. The Labute approximate surface area is 145 Å². The first-order valence-electron chi connectivity index (χ1n) is 8.13. The van der Waals surface area contributed by atoms with Crippen LogP contribution in [0.1, 0.15) is 16.7 Å². The molecular formula is C19H19N5O. The Morgan fingerprint density at radius 2 is 2.04 bits per heavy atom. The summed E-state index contributed by atoms with van der Waals surface area (Å²) in [7, 11) is 1.87. The van der Waals surface area contributed by atoms with Crippen molar-refractivity contribution in [2.24, 2.45) is 7.05 Å². The monoisotopic (exact) mass is 333 g/mol. The molecule has 3 aromatic heterocycles. The second-order valence-corrected chi connectivity index (χ2v) is 6.27. The molecule has 25 heavy (non-hydrogen) atoms. The van der Waals surface area contributed by atoms with E-state index in [4.69, 9.17) is 4.98 Å². The zero-order valence-corrected chi connectivity index (χ0v) is 14.4. The summed E-state index contributed by atoms with van der Waals surface area (Å²) in [5.41, 5.74) is 8.22. The minimum absolute atomic E-state index is 0.0765. The van der Waals surface area contributed by atoms with Crippen LogP contribution in [0.15, 0.2) is 36.7 Å². The maximum Gasteiger partial charge on any atom is 0.122 e. The smallest absolute Gasteiger partial charge is 0.122 e. The number of nitrogens with one attached hydrogen (secondary N) is 1. The Kier molecular flexibility index (Phi) is 3.62. The highest BCUT2D eigenvalue weighted by Crippen LogP contribution is 2.32. The first-order chi connectivity index (χ1) is 12.1. The Hall–Kier alpha value is -2.99. The minimum Gasteiger partial charge on any atom is -0.392 e. The summed E-state index contributed by atoms with van der Waals surface area (Å²) in [4.78, 5) is 4.87. The molecule has 4 rings (SSSR count). The van der Waals surface area contributed by atoms with Gasteiger partial charge in [0.1, 0.15) is 11.2 Å². The van der Waals surface area contributed by atoms with E-state index in [1.807, 2.05) is 31.4 Å². The Morgan fingerprint density at radius 3 is 2.76 bits per heavy atom. The Morgan fingerprint density at radius 1 is 1.20 bits per heavy atom. The summed E-state index contributed by atoms with van der Waals surface area (Å²) in [6.45, 7) is 4.08. The molecule has 6 heteroatoms. The van der Waals surface area contributed by atoms with Crippen LogP contribution >= 0.6 is 0 Å². The lowest BCUT2D eigenvalue weighted by molar-refractivity contribution is 0.282. The number of pyridine rings is 1. The van der Waals surface area contributed by atoms with Crippen molar-refractivity contribution in [2.75, 3.05) is 0 Å². The number of fused-ring (bicyclic) bond motifs is 1. The van der Waals surface area contributed by atoms with E-state index < -0.39 is 0 Å². The largest absolute Gasteiger partial charge is 0.392 e. The fraction of sp³-hybridized carbons (Fsp3) is 0.211. The van der Waals surface area contributed by atoms with Crippen LogP contribution in [0.4, 0.5) is 0 Å². The number of aromatic nitrogens is 5. The molecule has 4 aromatic rings. The number of benzene rings is 1. The molecule has 0 bridgehead atoms. The highest BCUT2D eigenvalue weighted by molar-refractivity contribution is 5.91. The summed E-state index contributed by atoms with van der Waals surface area (Å²) in [5.74, 6) is 0. The molecule has 6 nitrogen and oxygen atoms in total. The van der Waals surface area contributed by atoms with Crippen molar-refractivity contribution in [1.29, 1.82) is 0 Å². The molecule has 2 N–H and O–H groups in total. The number of hydrogen-bond donors (Lipinski definition) is 2. The van der Waals surface area contributed by atoms with Crippen molar-refractivity contribution in [3.8, 4) is 22.5 Å². The highest BCUT2D eigenvalue weighted by atomic mass is 16.3. The third-order valence-corrected chi connectivity index (χ3v) is 4.62. The van der Waals surface area contributed by atoms with Crippen molar-refractivity contribution >= 4 is 11.0 Å². The van der Waals surface area contributed by atoms with Crippen LogP contribution in [0.2, 0.25) is 0 Å². The second-order valence-electron chi connectivity index (χ2n) is 6.27. The second kappa shape index (κ2) is 5.82. The summed E-state index contributed by atoms with van der Waals surface area (Å²) in [6.07, 6.45) is 3.68. The van der Waals surface area contributed by atoms with E-state index in [1.165, 1.54) is 5.56 Å². The number of aliphatic hydroxyl groups excluding tert-OH is 1. The SMILES string of the molecule is Cc1cccc(-c2nc3c(-c4cnn(C)c4)n[nH]c3cc2CO)c1C. The zero-order valence-electron chi connectivity index (χ0n) is 14.4. The number of nitrogens with zero attached hydrogens (tertiary/aromatic N) is 4. The number of aryl methyl sites for hydroxylation is 2. The van der Waals surface area contributed by atoms with Crippen LogP contribution < -0.4 is 0 Å². The van der Waals surface area contributed by atoms with Gasteiger partial charge in [-0.2, -0.15) is 10.2 Å². The topological polar surface area (TPSA) is 79.6 Å². The fourth-order valence-corrected chi connectivity index (χ4v) is 3.10. The van der Waals surface area contributed by atoms with Gasteiger partial charge in [-0.1, -0.05) is 18.2 Å². The molecule has 0 radical (unpaired) electrons. The van der Waals surface area contributed by atoms with Crippen molar-refractivity contribution in [1.82, 2.24) is 25.0 Å². The maximum atomic E-state index is 9.84. The van der Waals surface area contributed by atoms with E-state index >= 15 is 0 Å². The quantitative estimate of drug-likeness (QED) is 0.604. The lowest BCUT2D eigenvalue weighted by Gasteiger charge is -2.12. The summed E-state index contributed by atoms with van der Waals surface area (Å²) < 4.78 is 1.74. The molecule has 0 aliphatic rings. The van der Waals surface area contributed by atoms with Gasteiger partial charge in [-0.15, -0.1) is 0 Å².